The first-order chi connectivity index (χ1) is 25.2. The molecular weight excluding hydrogens is 621 g/mol. The first kappa shape index (κ1) is 50.2. The molecule has 0 saturated heterocycles. The molecule has 2 heteroatoms. The molecule has 0 aliphatic carbocycles. The van der Waals surface area contributed by atoms with E-state index in [4.69, 9.17) is 4.74 Å². The van der Waals surface area contributed by atoms with Crippen molar-refractivity contribution in [2.24, 2.45) is 5.92 Å². The van der Waals surface area contributed by atoms with Gasteiger partial charge in [-0.2, -0.15) is 0 Å². The van der Waals surface area contributed by atoms with Gasteiger partial charge in [0.05, 0.1) is 6.61 Å². The van der Waals surface area contributed by atoms with E-state index < -0.39 is 0 Å². The molecule has 0 rings (SSSR count). The highest BCUT2D eigenvalue weighted by molar-refractivity contribution is 5.69. The van der Waals surface area contributed by atoms with E-state index in [1.165, 1.54) is 238 Å². The Morgan fingerprint density at radius 1 is 0.392 bits per heavy atom. The summed E-state index contributed by atoms with van der Waals surface area (Å²) in [6.07, 6.45) is 60.6. The van der Waals surface area contributed by atoms with E-state index in [0.717, 1.165) is 25.2 Å². The molecule has 0 N–H and O–H groups in total. The number of carbonyl (C=O) groups excluding carboxylic acids is 1. The Morgan fingerprint density at radius 2 is 0.686 bits per heavy atom. The molecule has 0 amide bonds. The minimum atomic E-state index is 0.0180. The number of hydrogen-bond acceptors (Lipinski definition) is 2. The second kappa shape index (κ2) is 45.4. The highest BCUT2D eigenvalue weighted by Crippen LogP contribution is 2.17. The third kappa shape index (κ3) is 47.2. The Kier molecular flexibility index (Phi) is 44.7. The van der Waals surface area contributed by atoms with Crippen LogP contribution in [0.5, 0.6) is 0 Å². The van der Waals surface area contributed by atoms with Crippen LogP contribution in [0.3, 0.4) is 0 Å². The van der Waals surface area contributed by atoms with Crippen LogP contribution in [-0.2, 0) is 9.53 Å². The summed E-state index contributed by atoms with van der Waals surface area (Å²) in [4.78, 5) is 11.9. The zero-order valence-corrected chi connectivity index (χ0v) is 35.7. The fourth-order valence-electron chi connectivity index (χ4n) is 7.48. The van der Waals surface area contributed by atoms with Gasteiger partial charge in [-0.15, -0.1) is 0 Å². The zero-order valence-electron chi connectivity index (χ0n) is 35.7. The van der Waals surface area contributed by atoms with Crippen molar-refractivity contribution in [1.29, 1.82) is 0 Å². The summed E-state index contributed by atoms with van der Waals surface area (Å²) in [5.74, 6) is 0.907. The lowest BCUT2D eigenvalue weighted by molar-refractivity contribution is -0.143. The van der Waals surface area contributed by atoms with E-state index in [1.807, 2.05) is 0 Å². The molecule has 304 valence electrons. The third-order valence-corrected chi connectivity index (χ3v) is 11.1. The normalized spacial score (nSPS) is 11.8. The van der Waals surface area contributed by atoms with Gasteiger partial charge in [-0.05, 0) is 38.0 Å². The quantitative estimate of drug-likeness (QED) is 0.0356. The largest absolute Gasteiger partial charge is 0.466 e. The molecule has 0 aromatic rings. The Balaban J connectivity index is 3.13. The van der Waals surface area contributed by atoms with Crippen molar-refractivity contribution in [3.8, 4) is 0 Å². The molecule has 0 aliphatic heterocycles. The second-order valence-corrected chi connectivity index (χ2v) is 16.9. The molecule has 0 saturated carbocycles. The highest BCUT2D eigenvalue weighted by Gasteiger charge is 2.03. The number of esters is 1. The van der Waals surface area contributed by atoms with Crippen LogP contribution in [0, 0.1) is 5.92 Å². The number of carbonyl (C=O) groups is 1. The summed E-state index contributed by atoms with van der Waals surface area (Å²) in [5.41, 5.74) is 0. The number of hydrogen-bond donors (Lipinski definition) is 0. The van der Waals surface area contributed by atoms with Crippen molar-refractivity contribution in [3.05, 3.63) is 12.2 Å². The minimum absolute atomic E-state index is 0.0180. The maximum atomic E-state index is 11.9. The van der Waals surface area contributed by atoms with Gasteiger partial charge in [0.15, 0.2) is 0 Å². The van der Waals surface area contributed by atoms with Crippen LogP contribution >= 0.6 is 0 Å². The van der Waals surface area contributed by atoms with Crippen LogP contribution in [0.1, 0.15) is 284 Å². The number of unbranched alkanes of at least 4 members (excludes halogenated alkanes) is 36. The molecule has 0 aromatic heterocycles. The van der Waals surface area contributed by atoms with Gasteiger partial charge < -0.3 is 4.74 Å². The zero-order chi connectivity index (χ0) is 37.0. The van der Waals surface area contributed by atoms with Gasteiger partial charge >= 0.3 is 5.97 Å². The van der Waals surface area contributed by atoms with Gasteiger partial charge in [0.25, 0.3) is 0 Å². The average molecular weight is 717 g/mol. The highest BCUT2D eigenvalue weighted by atomic mass is 16.5. The van der Waals surface area contributed by atoms with E-state index in [1.54, 1.807) is 0 Å². The first-order valence-electron chi connectivity index (χ1n) is 24.0. The lowest BCUT2D eigenvalue weighted by Crippen LogP contribution is -2.05. The molecule has 0 aromatic carbocycles. The van der Waals surface area contributed by atoms with Gasteiger partial charge in [0.2, 0.25) is 0 Å². The summed E-state index contributed by atoms with van der Waals surface area (Å²) in [6.45, 7) is 7.57. The predicted molar refractivity (Wildman–Crippen MR) is 230 cm³/mol. The maximum Gasteiger partial charge on any atom is 0.305 e. The molecule has 0 aliphatic rings. The van der Waals surface area contributed by atoms with Crippen LogP contribution in [0.2, 0.25) is 0 Å². The van der Waals surface area contributed by atoms with Crippen molar-refractivity contribution in [3.63, 3.8) is 0 Å². The van der Waals surface area contributed by atoms with Gasteiger partial charge in [-0.1, -0.05) is 258 Å². The van der Waals surface area contributed by atoms with Gasteiger partial charge in [-0.25, -0.2) is 0 Å². The topological polar surface area (TPSA) is 26.3 Å². The van der Waals surface area contributed by atoms with Crippen molar-refractivity contribution in [2.45, 2.75) is 284 Å². The minimum Gasteiger partial charge on any atom is -0.466 e. The van der Waals surface area contributed by atoms with Crippen LogP contribution in [0.15, 0.2) is 12.2 Å². The Bertz CT molecular complexity index is 667. The SMILES string of the molecule is CCCCC=CCCCCCCCC(=O)OCCCCCCCCCCCCCCCCCCCCCCCCCCCCCCCCC(C)C. The van der Waals surface area contributed by atoms with Gasteiger partial charge in [0, 0.05) is 6.42 Å². The summed E-state index contributed by atoms with van der Waals surface area (Å²) in [7, 11) is 0. The van der Waals surface area contributed by atoms with Gasteiger partial charge in [-0.3, -0.25) is 4.79 Å². The Morgan fingerprint density at radius 3 is 1.04 bits per heavy atom. The van der Waals surface area contributed by atoms with E-state index in [2.05, 4.69) is 32.9 Å². The van der Waals surface area contributed by atoms with Crippen LogP contribution in [0.4, 0.5) is 0 Å². The second-order valence-electron chi connectivity index (χ2n) is 16.9. The maximum absolute atomic E-state index is 11.9. The fourth-order valence-corrected chi connectivity index (χ4v) is 7.48. The monoisotopic (exact) mass is 717 g/mol. The van der Waals surface area contributed by atoms with Gasteiger partial charge in [0.1, 0.15) is 0 Å². The Labute approximate surface area is 323 Å². The van der Waals surface area contributed by atoms with E-state index in [-0.39, 0.29) is 5.97 Å². The summed E-state index contributed by atoms with van der Waals surface area (Å²) >= 11 is 0. The summed E-state index contributed by atoms with van der Waals surface area (Å²) in [5, 5.41) is 0. The molecule has 0 fully saturated rings. The predicted octanol–water partition coefficient (Wildman–Crippen LogP) is 17.8. The first-order valence-corrected chi connectivity index (χ1v) is 24.0. The average Bonchev–Trinajstić information content (AvgIpc) is 3.12. The number of ether oxygens (including phenoxy) is 1. The summed E-state index contributed by atoms with van der Waals surface area (Å²) < 4.78 is 5.45. The van der Waals surface area contributed by atoms with Crippen molar-refractivity contribution >= 4 is 5.97 Å². The molecule has 51 heavy (non-hydrogen) atoms. The molecule has 0 heterocycles. The molecule has 0 radical (unpaired) electrons. The number of rotatable bonds is 44. The summed E-state index contributed by atoms with van der Waals surface area (Å²) in [6, 6.07) is 0. The van der Waals surface area contributed by atoms with E-state index >= 15 is 0 Å². The standard InChI is InChI=1S/C49H96O2/c1-4-5-6-7-8-9-30-34-37-40-43-46-49(50)51-47-44-41-38-35-32-29-27-25-23-21-19-17-15-13-11-10-12-14-16-18-20-22-24-26-28-31-33-36-39-42-45-48(2)3/h7-8,48H,4-6,9-47H2,1-3H3. The van der Waals surface area contributed by atoms with Crippen molar-refractivity contribution in [2.75, 3.05) is 6.61 Å². The van der Waals surface area contributed by atoms with Crippen molar-refractivity contribution < 1.29 is 9.53 Å². The van der Waals surface area contributed by atoms with Crippen LogP contribution in [0.25, 0.3) is 0 Å². The molecule has 2 nitrogen and oxygen atoms in total. The smallest absolute Gasteiger partial charge is 0.305 e. The lowest BCUT2D eigenvalue weighted by atomic mass is 10.0. The molecule has 0 atom stereocenters. The molecule has 0 bridgehead atoms. The molecule has 0 unspecified atom stereocenters. The number of allylic oxidation sites excluding steroid dienone is 2. The fraction of sp³-hybridized carbons (Fsp3) is 0.939. The van der Waals surface area contributed by atoms with Crippen LogP contribution in [-0.4, -0.2) is 12.6 Å². The van der Waals surface area contributed by atoms with E-state index in [9.17, 15) is 4.79 Å². The van der Waals surface area contributed by atoms with E-state index in [0.29, 0.717) is 13.0 Å². The van der Waals surface area contributed by atoms with Crippen molar-refractivity contribution in [1.82, 2.24) is 0 Å². The molecular formula is C49H96O2. The Hall–Kier alpha value is -0.790. The van der Waals surface area contributed by atoms with Crippen LogP contribution < -0.4 is 0 Å². The molecule has 0 spiro atoms. The third-order valence-electron chi connectivity index (χ3n) is 11.1. The lowest BCUT2D eigenvalue weighted by Gasteiger charge is -2.06.